The van der Waals surface area contributed by atoms with Crippen molar-refractivity contribution in [1.29, 1.82) is 0 Å². The van der Waals surface area contributed by atoms with E-state index in [1.165, 1.54) is 6.42 Å². The van der Waals surface area contributed by atoms with Gasteiger partial charge in [0, 0.05) is 24.6 Å². The molecule has 0 aliphatic rings. The van der Waals surface area contributed by atoms with Crippen LogP contribution in [0.4, 0.5) is 11.6 Å². The van der Waals surface area contributed by atoms with Crippen molar-refractivity contribution in [2.24, 2.45) is 5.92 Å². The Morgan fingerprint density at radius 1 is 0.950 bits per heavy atom. The van der Waals surface area contributed by atoms with E-state index in [2.05, 4.69) is 62.1 Å². The Morgan fingerprint density at radius 3 is 2.05 bits per heavy atom. The molecule has 1 atom stereocenters. The molecule has 0 bridgehead atoms. The molecule has 1 aromatic heterocycles. The summed E-state index contributed by atoms with van der Waals surface area (Å²) in [4.78, 5) is 9.26. The lowest BCUT2D eigenvalue weighted by Crippen LogP contribution is -2.19. The minimum atomic E-state index is 0.328. The number of hydrogen-bond acceptors (Lipinski definition) is 4. The number of anilines is 2. The van der Waals surface area contributed by atoms with Gasteiger partial charge in [-0.15, -0.1) is 0 Å². The molecule has 0 saturated heterocycles. The number of rotatable bonds is 7. The van der Waals surface area contributed by atoms with Gasteiger partial charge in [-0.3, -0.25) is 0 Å². The van der Waals surface area contributed by atoms with E-state index in [1.54, 1.807) is 0 Å². The SMILES string of the molecule is CNc1nc(C(C)C)nc(NC(C)CCC(C)C)c1C. The highest BCUT2D eigenvalue weighted by Gasteiger charge is 2.14. The molecule has 20 heavy (non-hydrogen) atoms. The maximum Gasteiger partial charge on any atom is 0.135 e. The Morgan fingerprint density at radius 2 is 1.55 bits per heavy atom. The van der Waals surface area contributed by atoms with Crippen LogP contribution in [0.25, 0.3) is 0 Å². The Balaban J connectivity index is 2.90. The van der Waals surface area contributed by atoms with Gasteiger partial charge in [-0.1, -0.05) is 27.7 Å². The smallest absolute Gasteiger partial charge is 0.135 e. The number of nitrogens with zero attached hydrogens (tertiary/aromatic N) is 2. The van der Waals surface area contributed by atoms with E-state index in [4.69, 9.17) is 0 Å². The van der Waals surface area contributed by atoms with Crippen LogP contribution < -0.4 is 10.6 Å². The fourth-order valence-corrected chi connectivity index (χ4v) is 2.06. The van der Waals surface area contributed by atoms with Crippen molar-refractivity contribution < 1.29 is 0 Å². The topological polar surface area (TPSA) is 49.8 Å². The van der Waals surface area contributed by atoms with Gasteiger partial charge in [-0.2, -0.15) is 0 Å². The Labute approximate surface area is 123 Å². The van der Waals surface area contributed by atoms with E-state index in [1.807, 2.05) is 7.05 Å². The summed E-state index contributed by atoms with van der Waals surface area (Å²) in [5.41, 5.74) is 1.09. The molecule has 0 aromatic carbocycles. The van der Waals surface area contributed by atoms with Gasteiger partial charge in [-0.05, 0) is 32.6 Å². The predicted molar refractivity (Wildman–Crippen MR) is 87.6 cm³/mol. The van der Waals surface area contributed by atoms with Crippen molar-refractivity contribution in [1.82, 2.24) is 9.97 Å². The Kier molecular flexibility index (Phi) is 6.24. The van der Waals surface area contributed by atoms with E-state index in [-0.39, 0.29) is 0 Å². The van der Waals surface area contributed by atoms with Crippen LogP contribution in [0.3, 0.4) is 0 Å². The fourth-order valence-electron chi connectivity index (χ4n) is 2.06. The maximum absolute atomic E-state index is 4.69. The van der Waals surface area contributed by atoms with E-state index < -0.39 is 0 Å². The number of nitrogens with one attached hydrogen (secondary N) is 2. The normalized spacial score (nSPS) is 12.8. The third kappa shape index (κ3) is 4.66. The van der Waals surface area contributed by atoms with Gasteiger partial charge in [-0.25, -0.2) is 9.97 Å². The second-order valence-electron chi connectivity index (χ2n) is 6.33. The predicted octanol–water partition coefficient (Wildman–Crippen LogP) is 4.19. The van der Waals surface area contributed by atoms with Gasteiger partial charge in [0.05, 0.1) is 0 Å². The number of hydrogen-bond donors (Lipinski definition) is 2. The molecule has 0 aliphatic carbocycles. The van der Waals surface area contributed by atoms with Gasteiger partial charge in [0.15, 0.2) is 0 Å². The van der Waals surface area contributed by atoms with Gasteiger partial charge >= 0.3 is 0 Å². The van der Waals surface area contributed by atoms with Crippen molar-refractivity contribution in [3.8, 4) is 0 Å². The molecule has 1 unspecified atom stereocenters. The molecule has 1 rings (SSSR count). The molecule has 4 nitrogen and oxygen atoms in total. The van der Waals surface area contributed by atoms with E-state index in [0.717, 1.165) is 35.4 Å². The summed E-state index contributed by atoms with van der Waals surface area (Å²) >= 11 is 0. The first-order valence-electron chi connectivity index (χ1n) is 7.68. The van der Waals surface area contributed by atoms with Crippen LogP contribution in [-0.2, 0) is 0 Å². The van der Waals surface area contributed by atoms with Crippen molar-refractivity contribution in [2.75, 3.05) is 17.7 Å². The lowest BCUT2D eigenvalue weighted by atomic mass is 10.0. The molecule has 114 valence electrons. The molecule has 0 aliphatic heterocycles. The molecular weight excluding hydrogens is 248 g/mol. The molecule has 1 aromatic rings. The van der Waals surface area contributed by atoms with E-state index >= 15 is 0 Å². The van der Waals surface area contributed by atoms with Crippen LogP contribution in [0.1, 0.15) is 64.8 Å². The van der Waals surface area contributed by atoms with Crippen LogP contribution in [0.2, 0.25) is 0 Å². The Hall–Kier alpha value is -1.32. The monoisotopic (exact) mass is 278 g/mol. The molecule has 0 saturated carbocycles. The number of aromatic nitrogens is 2. The van der Waals surface area contributed by atoms with Gasteiger partial charge in [0.2, 0.25) is 0 Å². The minimum Gasteiger partial charge on any atom is -0.373 e. The minimum absolute atomic E-state index is 0.328. The average Bonchev–Trinajstić information content (AvgIpc) is 2.38. The lowest BCUT2D eigenvalue weighted by molar-refractivity contribution is 0.526. The van der Waals surface area contributed by atoms with Gasteiger partial charge in [0.1, 0.15) is 17.5 Å². The summed E-state index contributed by atoms with van der Waals surface area (Å²) in [7, 11) is 1.91. The van der Waals surface area contributed by atoms with Crippen molar-refractivity contribution in [2.45, 2.75) is 66.3 Å². The van der Waals surface area contributed by atoms with Gasteiger partial charge in [0.25, 0.3) is 0 Å². The first kappa shape index (κ1) is 16.7. The average molecular weight is 278 g/mol. The second kappa shape index (κ2) is 7.46. The third-order valence-electron chi connectivity index (χ3n) is 3.48. The fraction of sp³-hybridized carbons (Fsp3) is 0.750. The summed E-state index contributed by atoms with van der Waals surface area (Å²) in [6.07, 6.45) is 2.39. The van der Waals surface area contributed by atoms with Crippen LogP contribution in [0, 0.1) is 12.8 Å². The summed E-state index contributed by atoms with van der Waals surface area (Å²) < 4.78 is 0. The summed E-state index contributed by atoms with van der Waals surface area (Å²) in [6.45, 7) is 13.1. The van der Waals surface area contributed by atoms with Crippen molar-refractivity contribution in [3.63, 3.8) is 0 Å². The van der Waals surface area contributed by atoms with Crippen LogP contribution in [0.15, 0.2) is 0 Å². The lowest BCUT2D eigenvalue weighted by Gasteiger charge is -2.19. The highest BCUT2D eigenvalue weighted by atomic mass is 15.1. The van der Waals surface area contributed by atoms with Crippen molar-refractivity contribution in [3.05, 3.63) is 11.4 Å². The van der Waals surface area contributed by atoms with E-state index in [9.17, 15) is 0 Å². The maximum atomic E-state index is 4.69. The first-order valence-corrected chi connectivity index (χ1v) is 7.68. The Bertz CT molecular complexity index is 427. The molecule has 1 heterocycles. The summed E-state index contributed by atoms with van der Waals surface area (Å²) in [5, 5.41) is 6.71. The molecule has 0 fully saturated rings. The van der Waals surface area contributed by atoms with Crippen LogP contribution in [0.5, 0.6) is 0 Å². The largest absolute Gasteiger partial charge is 0.373 e. The zero-order chi connectivity index (χ0) is 15.3. The third-order valence-corrected chi connectivity index (χ3v) is 3.48. The zero-order valence-electron chi connectivity index (χ0n) is 14.0. The molecule has 2 N–H and O–H groups in total. The van der Waals surface area contributed by atoms with Gasteiger partial charge < -0.3 is 10.6 Å². The molecular formula is C16H30N4. The first-order chi connectivity index (χ1) is 9.35. The summed E-state index contributed by atoms with van der Waals surface area (Å²) in [6, 6.07) is 0.427. The van der Waals surface area contributed by atoms with Crippen LogP contribution >= 0.6 is 0 Å². The van der Waals surface area contributed by atoms with E-state index in [0.29, 0.717) is 12.0 Å². The quantitative estimate of drug-likeness (QED) is 0.785. The zero-order valence-corrected chi connectivity index (χ0v) is 14.0. The molecule has 4 heteroatoms. The highest BCUT2D eigenvalue weighted by molar-refractivity contribution is 5.57. The molecule has 0 spiro atoms. The molecule has 0 amide bonds. The highest BCUT2D eigenvalue weighted by Crippen LogP contribution is 2.24. The summed E-state index contributed by atoms with van der Waals surface area (Å²) in [5.74, 6) is 3.84. The molecule has 0 radical (unpaired) electrons. The standard InChI is InChI=1S/C16H30N4/c1-10(2)8-9-12(5)18-16-13(6)15(17-7)19-14(20-16)11(3)4/h10-12H,8-9H2,1-7H3,(H2,17,18,19,20). The van der Waals surface area contributed by atoms with Crippen LogP contribution in [-0.4, -0.2) is 23.1 Å². The van der Waals surface area contributed by atoms with Crippen molar-refractivity contribution >= 4 is 11.6 Å². The second-order valence-corrected chi connectivity index (χ2v) is 6.33.